The molecule has 0 atom stereocenters. The second kappa shape index (κ2) is 10.3. The Kier molecular flexibility index (Phi) is 7.57. The van der Waals surface area contributed by atoms with Gasteiger partial charge in [-0.05, 0) is 19.4 Å². The molecule has 0 aliphatic carbocycles. The number of ether oxygens (including phenoxy) is 2. The van der Waals surface area contributed by atoms with Crippen LogP contribution in [0.4, 0.5) is 0 Å². The standard InChI is InChI=1S/C22H27N3O3S/c1-16-18(21(26)23-10-13-28-3)14-20(25(16)11-7-12-27-2)19-15-29-22(24-19)17-8-5-4-6-9-17/h4-6,8-9,14-15H,7,10-13H2,1-3H3,(H,23,26). The number of hydrogen-bond donors (Lipinski definition) is 1. The van der Waals surface area contributed by atoms with Crippen LogP contribution in [0.1, 0.15) is 22.5 Å². The number of aromatic nitrogens is 2. The van der Waals surface area contributed by atoms with E-state index in [0.29, 0.717) is 25.3 Å². The highest BCUT2D eigenvalue weighted by atomic mass is 32.1. The zero-order valence-electron chi connectivity index (χ0n) is 17.1. The second-order valence-corrected chi connectivity index (χ2v) is 7.54. The van der Waals surface area contributed by atoms with Crippen LogP contribution in [-0.4, -0.2) is 49.4 Å². The summed E-state index contributed by atoms with van der Waals surface area (Å²) in [5.74, 6) is -0.0928. The zero-order chi connectivity index (χ0) is 20.6. The average Bonchev–Trinajstić information content (AvgIpc) is 3.34. The first-order valence-corrected chi connectivity index (χ1v) is 10.5. The molecule has 1 amide bonds. The van der Waals surface area contributed by atoms with Gasteiger partial charge in [-0.2, -0.15) is 0 Å². The van der Waals surface area contributed by atoms with Crippen molar-refractivity contribution in [2.24, 2.45) is 0 Å². The molecule has 2 aromatic heterocycles. The summed E-state index contributed by atoms with van der Waals surface area (Å²) in [4.78, 5) is 17.5. The normalized spacial score (nSPS) is 11.0. The van der Waals surface area contributed by atoms with Gasteiger partial charge in [0.05, 0.1) is 23.6 Å². The number of rotatable bonds is 10. The molecule has 0 unspecified atom stereocenters. The van der Waals surface area contributed by atoms with Crippen molar-refractivity contribution in [1.29, 1.82) is 0 Å². The lowest BCUT2D eigenvalue weighted by molar-refractivity contribution is 0.0936. The minimum atomic E-state index is -0.0928. The van der Waals surface area contributed by atoms with Gasteiger partial charge in [-0.3, -0.25) is 4.79 Å². The number of nitrogens with one attached hydrogen (secondary N) is 1. The summed E-state index contributed by atoms with van der Waals surface area (Å²) < 4.78 is 12.4. The quantitative estimate of drug-likeness (QED) is 0.510. The molecule has 3 aromatic rings. The van der Waals surface area contributed by atoms with E-state index in [4.69, 9.17) is 14.5 Å². The van der Waals surface area contributed by atoms with Gasteiger partial charge in [0.1, 0.15) is 5.01 Å². The highest BCUT2D eigenvalue weighted by Gasteiger charge is 2.20. The summed E-state index contributed by atoms with van der Waals surface area (Å²) in [6.45, 7) is 4.37. The fourth-order valence-corrected chi connectivity index (χ4v) is 4.03. The molecule has 0 aliphatic heterocycles. The lowest BCUT2D eigenvalue weighted by Crippen LogP contribution is -2.27. The largest absolute Gasteiger partial charge is 0.385 e. The Bertz CT molecular complexity index is 934. The van der Waals surface area contributed by atoms with Gasteiger partial charge < -0.3 is 19.4 Å². The van der Waals surface area contributed by atoms with Gasteiger partial charge in [0, 0.05) is 50.6 Å². The number of carbonyl (C=O) groups excluding carboxylic acids is 1. The van der Waals surface area contributed by atoms with E-state index >= 15 is 0 Å². The first-order chi connectivity index (χ1) is 14.2. The molecule has 0 aliphatic rings. The Hall–Kier alpha value is -2.48. The highest BCUT2D eigenvalue weighted by molar-refractivity contribution is 7.13. The van der Waals surface area contributed by atoms with Crippen molar-refractivity contribution < 1.29 is 14.3 Å². The van der Waals surface area contributed by atoms with Crippen molar-refractivity contribution in [3.8, 4) is 22.0 Å². The summed E-state index contributed by atoms with van der Waals surface area (Å²) in [5.41, 5.74) is 4.53. The van der Waals surface area contributed by atoms with Gasteiger partial charge in [0.2, 0.25) is 0 Å². The number of nitrogens with zero attached hydrogens (tertiary/aromatic N) is 2. The smallest absolute Gasteiger partial charge is 0.253 e. The first-order valence-electron chi connectivity index (χ1n) is 9.63. The maximum atomic E-state index is 12.7. The Morgan fingerprint density at radius 3 is 2.66 bits per heavy atom. The Labute approximate surface area is 175 Å². The second-order valence-electron chi connectivity index (χ2n) is 6.68. The topological polar surface area (TPSA) is 65.4 Å². The van der Waals surface area contributed by atoms with Crippen LogP contribution in [0, 0.1) is 6.92 Å². The number of methoxy groups -OCH3 is 2. The van der Waals surface area contributed by atoms with Gasteiger partial charge >= 0.3 is 0 Å². The average molecular weight is 414 g/mol. The third-order valence-corrected chi connectivity index (χ3v) is 5.61. The van der Waals surface area contributed by atoms with Crippen LogP contribution >= 0.6 is 11.3 Å². The van der Waals surface area contributed by atoms with Crippen LogP contribution in [0.15, 0.2) is 41.8 Å². The van der Waals surface area contributed by atoms with Gasteiger partial charge in [0.25, 0.3) is 5.91 Å². The molecule has 7 heteroatoms. The third kappa shape index (κ3) is 5.12. The number of thiazole rings is 1. The molecule has 1 aromatic carbocycles. The number of benzene rings is 1. The van der Waals surface area contributed by atoms with Crippen molar-refractivity contribution in [2.45, 2.75) is 19.9 Å². The molecular weight excluding hydrogens is 386 g/mol. The molecule has 6 nitrogen and oxygen atoms in total. The zero-order valence-corrected chi connectivity index (χ0v) is 17.9. The molecule has 3 rings (SSSR count). The molecule has 1 N–H and O–H groups in total. The number of hydrogen-bond acceptors (Lipinski definition) is 5. The predicted molar refractivity (Wildman–Crippen MR) is 116 cm³/mol. The lowest BCUT2D eigenvalue weighted by Gasteiger charge is -2.11. The van der Waals surface area contributed by atoms with E-state index in [9.17, 15) is 4.79 Å². The van der Waals surface area contributed by atoms with Crippen molar-refractivity contribution in [2.75, 3.05) is 34.0 Å². The maximum Gasteiger partial charge on any atom is 0.253 e. The van der Waals surface area contributed by atoms with E-state index in [-0.39, 0.29) is 5.91 Å². The van der Waals surface area contributed by atoms with Gasteiger partial charge in [0.15, 0.2) is 0 Å². The fraction of sp³-hybridized carbons (Fsp3) is 0.364. The molecule has 29 heavy (non-hydrogen) atoms. The SMILES string of the molecule is COCCCn1c(-c2csc(-c3ccccc3)n2)cc(C(=O)NCCOC)c1C. The number of amides is 1. The number of carbonyl (C=O) groups is 1. The summed E-state index contributed by atoms with van der Waals surface area (Å²) in [5, 5.41) is 5.93. The summed E-state index contributed by atoms with van der Waals surface area (Å²) in [6, 6.07) is 12.1. The molecule has 154 valence electrons. The van der Waals surface area contributed by atoms with E-state index in [1.165, 1.54) is 0 Å². The predicted octanol–water partition coefficient (Wildman–Crippen LogP) is 4.00. The summed E-state index contributed by atoms with van der Waals surface area (Å²) in [6.07, 6.45) is 0.861. The Morgan fingerprint density at radius 2 is 1.93 bits per heavy atom. The van der Waals surface area contributed by atoms with Gasteiger partial charge in [-0.15, -0.1) is 11.3 Å². The van der Waals surface area contributed by atoms with Crippen molar-refractivity contribution >= 4 is 17.2 Å². The molecule has 0 saturated heterocycles. The van der Waals surface area contributed by atoms with Crippen molar-refractivity contribution in [3.05, 3.63) is 53.0 Å². The third-order valence-electron chi connectivity index (χ3n) is 4.72. The van der Waals surface area contributed by atoms with Crippen LogP contribution in [0.3, 0.4) is 0 Å². The van der Waals surface area contributed by atoms with Crippen LogP contribution in [0.5, 0.6) is 0 Å². The lowest BCUT2D eigenvalue weighted by atomic mass is 10.2. The van der Waals surface area contributed by atoms with Gasteiger partial charge in [-0.25, -0.2) is 4.98 Å². The summed E-state index contributed by atoms with van der Waals surface area (Å²) in [7, 11) is 3.32. The van der Waals surface area contributed by atoms with Crippen molar-refractivity contribution in [3.63, 3.8) is 0 Å². The monoisotopic (exact) mass is 413 g/mol. The molecule has 0 saturated carbocycles. The summed E-state index contributed by atoms with van der Waals surface area (Å²) >= 11 is 1.61. The molecule has 0 bridgehead atoms. The van der Waals surface area contributed by atoms with E-state index in [1.54, 1.807) is 25.6 Å². The maximum absolute atomic E-state index is 12.7. The molecule has 0 radical (unpaired) electrons. The van der Waals surface area contributed by atoms with E-state index < -0.39 is 0 Å². The highest BCUT2D eigenvalue weighted by Crippen LogP contribution is 2.31. The minimum Gasteiger partial charge on any atom is -0.385 e. The van der Waals surface area contributed by atoms with Crippen molar-refractivity contribution in [1.82, 2.24) is 14.9 Å². The minimum absolute atomic E-state index is 0.0928. The van der Waals surface area contributed by atoms with E-state index in [1.807, 2.05) is 31.2 Å². The van der Waals surface area contributed by atoms with Crippen LogP contribution in [-0.2, 0) is 16.0 Å². The Balaban J connectivity index is 1.92. The molecule has 0 fully saturated rings. The first kappa shape index (κ1) is 21.2. The van der Waals surface area contributed by atoms with E-state index in [0.717, 1.165) is 40.6 Å². The fourth-order valence-electron chi connectivity index (χ4n) is 3.21. The van der Waals surface area contributed by atoms with Crippen LogP contribution in [0.2, 0.25) is 0 Å². The molecular formula is C22H27N3O3S. The molecule has 2 heterocycles. The Morgan fingerprint density at radius 1 is 1.17 bits per heavy atom. The molecule has 0 spiro atoms. The van der Waals surface area contributed by atoms with Crippen LogP contribution < -0.4 is 5.32 Å². The van der Waals surface area contributed by atoms with E-state index in [2.05, 4.69) is 27.4 Å². The van der Waals surface area contributed by atoms with Gasteiger partial charge in [-0.1, -0.05) is 30.3 Å². The van der Waals surface area contributed by atoms with Crippen LogP contribution in [0.25, 0.3) is 22.0 Å².